The largest absolute Gasteiger partial charge is 0.519 e. The van der Waals surface area contributed by atoms with E-state index in [0.29, 0.717) is 54.6 Å². The number of ether oxygens (including phenoxy) is 2. The van der Waals surface area contributed by atoms with Crippen molar-refractivity contribution in [1.82, 2.24) is 10.2 Å². The molecule has 0 aliphatic carbocycles. The lowest BCUT2D eigenvalue weighted by Gasteiger charge is -2.32. The number of benzene rings is 2. The standard InChI is InChI=1S/C34H43ClN4O7/c1-7-24-10-13-26(14-11-24)31(40)38-21-34(4,5)22-39(32(41)44-20-29-23(3)45-33(42)46-29)16-9-17-43-28-15-12-25(18-27(28)35)19-37-30(8-2)36-6/h10-15,18H,6-9,16-17,19-22H2,1-5H3,(H,38,40). The summed E-state index contributed by atoms with van der Waals surface area (Å²) in [4.78, 5) is 47.3. The number of carbonyl (C=O) groups is 2. The summed E-state index contributed by atoms with van der Waals surface area (Å²) in [5.74, 6) is 0.514. The Morgan fingerprint density at radius 3 is 2.41 bits per heavy atom. The van der Waals surface area contributed by atoms with Gasteiger partial charge in [0.25, 0.3) is 5.91 Å². The zero-order valence-corrected chi connectivity index (χ0v) is 27.9. The molecule has 0 bridgehead atoms. The Bertz CT molecular complexity index is 1560. The van der Waals surface area contributed by atoms with E-state index < -0.39 is 17.3 Å². The molecule has 12 heteroatoms. The third-order valence-corrected chi connectivity index (χ3v) is 7.46. The van der Waals surface area contributed by atoms with Crippen LogP contribution in [0.3, 0.4) is 0 Å². The van der Waals surface area contributed by atoms with Gasteiger partial charge in [-0.05, 0) is 67.3 Å². The van der Waals surface area contributed by atoms with Gasteiger partial charge in [-0.2, -0.15) is 0 Å². The highest BCUT2D eigenvalue weighted by Gasteiger charge is 2.27. The van der Waals surface area contributed by atoms with Gasteiger partial charge in [-0.3, -0.25) is 9.79 Å². The molecule has 248 valence electrons. The monoisotopic (exact) mass is 654 g/mol. The highest BCUT2D eigenvalue weighted by atomic mass is 35.5. The predicted molar refractivity (Wildman–Crippen MR) is 178 cm³/mol. The zero-order valence-electron chi connectivity index (χ0n) is 27.2. The van der Waals surface area contributed by atoms with Crippen LogP contribution in [0.5, 0.6) is 5.75 Å². The summed E-state index contributed by atoms with van der Waals surface area (Å²) in [7, 11) is 0. The molecule has 1 N–H and O–H groups in total. The van der Waals surface area contributed by atoms with Crippen LogP contribution in [0.25, 0.3) is 0 Å². The highest BCUT2D eigenvalue weighted by Crippen LogP contribution is 2.26. The minimum Gasteiger partial charge on any atom is -0.492 e. The normalized spacial score (nSPS) is 11.7. The van der Waals surface area contributed by atoms with Gasteiger partial charge >= 0.3 is 11.9 Å². The average molecular weight is 655 g/mol. The highest BCUT2D eigenvalue weighted by molar-refractivity contribution is 6.32. The Morgan fingerprint density at radius 2 is 1.80 bits per heavy atom. The number of carbonyl (C=O) groups excluding carboxylic acids is 2. The van der Waals surface area contributed by atoms with Crippen molar-refractivity contribution in [2.45, 2.75) is 67.0 Å². The fraction of sp³-hybridized carbons (Fsp3) is 0.441. The Hall–Kier alpha value is -4.38. The third kappa shape index (κ3) is 11.2. The van der Waals surface area contributed by atoms with Crippen molar-refractivity contribution in [3.63, 3.8) is 0 Å². The Balaban J connectivity index is 1.61. The fourth-order valence-corrected chi connectivity index (χ4v) is 4.76. The van der Waals surface area contributed by atoms with E-state index in [0.717, 1.165) is 17.5 Å². The van der Waals surface area contributed by atoms with E-state index in [-0.39, 0.29) is 37.2 Å². The van der Waals surface area contributed by atoms with Crippen molar-refractivity contribution in [1.29, 1.82) is 0 Å². The van der Waals surface area contributed by atoms with Gasteiger partial charge in [0.2, 0.25) is 0 Å². The van der Waals surface area contributed by atoms with E-state index in [1.165, 1.54) is 0 Å². The number of amides is 2. The lowest BCUT2D eigenvalue weighted by atomic mass is 9.92. The zero-order chi connectivity index (χ0) is 33.7. The number of hydrogen-bond donors (Lipinski definition) is 1. The summed E-state index contributed by atoms with van der Waals surface area (Å²) in [6.07, 6.45) is 1.44. The van der Waals surface area contributed by atoms with Crippen LogP contribution < -0.4 is 15.9 Å². The molecular weight excluding hydrogens is 612 g/mol. The van der Waals surface area contributed by atoms with Gasteiger partial charge in [-0.1, -0.05) is 57.5 Å². The molecule has 2 aromatic carbocycles. The summed E-state index contributed by atoms with van der Waals surface area (Å²) in [6.45, 7) is 14.3. The number of nitrogens with zero attached hydrogens (tertiary/aromatic N) is 3. The molecule has 0 radical (unpaired) electrons. The molecule has 0 aliphatic heterocycles. The maximum Gasteiger partial charge on any atom is 0.519 e. The van der Waals surface area contributed by atoms with Crippen LogP contribution in [-0.4, -0.2) is 55.7 Å². The SMILES string of the molecule is C=NC(CC)=NCc1ccc(OCCCN(CC(C)(C)CNC(=O)c2ccc(CC)cc2)C(=O)OCc2oc(=O)oc2C)c(Cl)c1. The van der Waals surface area contributed by atoms with Crippen molar-refractivity contribution in [2.75, 3.05) is 26.2 Å². The van der Waals surface area contributed by atoms with Crippen molar-refractivity contribution >= 4 is 36.2 Å². The predicted octanol–water partition coefficient (Wildman–Crippen LogP) is 6.63. The first-order valence-electron chi connectivity index (χ1n) is 15.2. The van der Waals surface area contributed by atoms with E-state index in [4.69, 9.17) is 29.9 Å². The summed E-state index contributed by atoms with van der Waals surface area (Å²) in [5, 5.41) is 3.43. The molecule has 11 nitrogen and oxygen atoms in total. The maximum atomic E-state index is 13.2. The quantitative estimate of drug-likeness (QED) is 0.104. The van der Waals surface area contributed by atoms with Gasteiger partial charge in [-0.25, -0.2) is 14.6 Å². The molecule has 0 unspecified atom stereocenters. The molecule has 0 spiro atoms. The number of aliphatic imine (C=N–C) groups is 2. The summed E-state index contributed by atoms with van der Waals surface area (Å²) in [5.41, 5.74) is 2.11. The smallest absolute Gasteiger partial charge is 0.492 e. The van der Waals surface area contributed by atoms with Crippen molar-refractivity contribution < 1.29 is 27.9 Å². The molecule has 2 amide bonds. The molecule has 0 atom stereocenters. The minimum absolute atomic E-state index is 0.137. The van der Waals surface area contributed by atoms with Crippen LogP contribution in [0.1, 0.15) is 73.5 Å². The first-order valence-corrected chi connectivity index (χ1v) is 15.6. The summed E-state index contributed by atoms with van der Waals surface area (Å²) >= 11 is 6.46. The topological polar surface area (TPSA) is 136 Å². The van der Waals surface area contributed by atoms with Gasteiger partial charge in [0.1, 0.15) is 11.6 Å². The second kappa shape index (κ2) is 17.4. The van der Waals surface area contributed by atoms with Gasteiger partial charge in [0, 0.05) is 31.6 Å². The van der Waals surface area contributed by atoms with Gasteiger partial charge in [0.15, 0.2) is 18.1 Å². The number of nitrogens with one attached hydrogen (secondary N) is 1. The van der Waals surface area contributed by atoms with Crippen LogP contribution in [-0.2, 0) is 24.3 Å². The third-order valence-electron chi connectivity index (χ3n) is 7.16. The first-order chi connectivity index (χ1) is 21.9. The fourth-order valence-electron chi connectivity index (χ4n) is 4.50. The Labute approximate surface area is 274 Å². The Kier molecular flexibility index (Phi) is 13.6. The van der Waals surface area contributed by atoms with E-state index in [9.17, 15) is 14.4 Å². The van der Waals surface area contributed by atoms with Crippen LogP contribution in [0.15, 0.2) is 66.1 Å². The van der Waals surface area contributed by atoms with E-state index in [1.54, 1.807) is 36.1 Å². The van der Waals surface area contributed by atoms with Crippen LogP contribution in [0.4, 0.5) is 4.79 Å². The minimum atomic E-state index is -0.863. The number of amidine groups is 1. The summed E-state index contributed by atoms with van der Waals surface area (Å²) in [6, 6.07) is 12.9. The summed E-state index contributed by atoms with van der Waals surface area (Å²) < 4.78 is 21.2. The Morgan fingerprint density at radius 1 is 1.09 bits per heavy atom. The van der Waals surface area contributed by atoms with E-state index >= 15 is 0 Å². The maximum absolute atomic E-state index is 13.2. The van der Waals surface area contributed by atoms with Gasteiger partial charge in [0.05, 0.1) is 18.2 Å². The van der Waals surface area contributed by atoms with E-state index in [2.05, 4.69) is 28.9 Å². The van der Waals surface area contributed by atoms with Crippen LogP contribution >= 0.6 is 11.6 Å². The molecule has 3 rings (SSSR count). The first kappa shape index (κ1) is 36.1. The van der Waals surface area contributed by atoms with Crippen LogP contribution in [0.2, 0.25) is 5.02 Å². The molecule has 0 saturated heterocycles. The van der Waals surface area contributed by atoms with Crippen molar-refractivity contribution in [3.05, 3.63) is 86.3 Å². The molecule has 0 saturated carbocycles. The molecular formula is C34H43ClN4O7. The number of aryl methyl sites for hydroxylation is 2. The van der Waals surface area contributed by atoms with E-state index in [1.807, 2.05) is 39.0 Å². The second-order valence-corrected chi connectivity index (χ2v) is 11.9. The number of hydrogen-bond acceptors (Lipinski definition) is 8. The molecule has 0 aliphatic rings. The van der Waals surface area contributed by atoms with Crippen molar-refractivity contribution in [2.24, 2.45) is 15.4 Å². The van der Waals surface area contributed by atoms with Crippen LogP contribution in [0, 0.1) is 12.3 Å². The van der Waals surface area contributed by atoms with Gasteiger partial charge < -0.3 is 28.5 Å². The number of rotatable bonds is 16. The average Bonchev–Trinajstić information content (AvgIpc) is 3.37. The molecule has 3 aromatic rings. The molecule has 1 aromatic heterocycles. The number of halogens is 1. The lowest BCUT2D eigenvalue weighted by Crippen LogP contribution is -2.45. The molecule has 46 heavy (non-hydrogen) atoms. The molecule has 0 fully saturated rings. The lowest BCUT2D eigenvalue weighted by molar-refractivity contribution is 0.0719. The second-order valence-electron chi connectivity index (χ2n) is 11.5. The van der Waals surface area contributed by atoms with Gasteiger partial charge in [-0.15, -0.1) is 0 Å². The molecule has 1 heterocycles. The van der Waals surface area contributed by atoms with Crippen molar-refractivity contribution in [3.8, 4) is 5.75 Å².